The van der Waals surface area contributed by atoms with Crippen LogP contribution in [-0.4, -0.2) is 29.5 Å². The van der Waals surface area contributed by atoms with E-state index in [2.05, 4.69) is 20.0 Å². The van der Waals surface area contributed by atoms with E-state index in [9.17, 15) is 13.2 Å². The number of nitrogens with zero attached hydrogens (tertiary/aromatic N) is 2. The number of anilines is 2. The number of hydrogen-bond acceptors (Lipinski definition) is 6. The standard InChI is InChI=1S/C20H20N4O3S2/c1-14-4-8-17(9-5-14)28-15(2)19(25)23-16-6-10-18(11-7-16)29(26,27)24-20-21-12-3-13-22-20/h3-13,15H,1-2H3,(H,23,25)(H,21,22,24). The average Bonchev–Trinajstić information content (AvgIpc) is 2.70. The van der Waals surface area contributed by atoms with Crippen molar-refractivity contribution in [2.75, 3.05) is 10.0 Å². The van der Waals surface area contributed by atoms with Gasteiger partial charge in [-0.3, -0.25) is 4.79 Å². The molecule has 0 radical (unpaired) electrons. The molecule has 1 heterocycles. The lowest BCUT2D eigenvalue weighted by Crippen LogP contribution is -2.22. The van der Waals surface area contributed by atoms with E-state index < -0.39 is 10.0 Å². The first kappa shape index (κ1) is 20.8. The third-order valence-electron chi connectivity index (χ3n) is 3.93. The minimum Gasteiger partial charge on any atom is -0.325 e. The summed E-state index contributed by atoms with van der Waals surface area (Å²) in [6.07, 6.45) is 2.89. The molecule has 0 saturated carbocycles. The third-order valence-corrected chi connectivity index (χ3v) is 6.38. The first-order chi connectivity index (χ1) is 13.8. The van der Waals surface area contributed by atoms with Gasteiger partial charge in [-0.1, -0.05) is 17.7 Å². The van der Waals surface area contributed by atoms with Crippen LogP contribution in [0, 0.1) is 6.92 Å². The number of thioether (sulfide) groups is 1. The highest BCUT2D eigenvalue weighted by Gasteiger charge is 2.17. The highest BCUT2D eigenvalue weighted by Crippen LogP contribution is 2.25. The molecule has 2 aromatic carbocycles. The first-order valence-corrected chi connectivity index (χ1v) is 11.1. The van der Waals surface area contributed by atoms with E-state index in [1.54, 1.807) is 18.2 Å². The van der Waals surface area contributed by atoms with Gasteiger partial charge < -0.3 is 5.32 Å². The number of amides is 1. The SMILES string of the molecule is Cc1ccc(SC(C)C(=O)Nc2ccc(S(=O)(=O)Nc3ncccn3)cc2)cc1. The molecule has 0 fully saturated rings. The number of sulfonamides is 1. The van der Waals surface area contributed by atoms with Crippen molar-refractivity contribution in [1.82, 2.24) is 9.97 Å². The molecular weight excluding hydrogens is 408 g/mol. The van der Waals surface area contributed by atoms with Gasteiger partial charge in [0.1, 0.15) is 0 Å². The summed E-state index contributed by atoms with van der Waals surface area (Å²) < 4.78 is 27.1. The molecule has 2 N–H and O–H groups in total. The molecule has 0 saturated heterocycles. The molecule has 1 unspecified atom stereocenters. The summed E-state index contributed by atoms with van der Waals surface area (Å²) in [5, 5.41) is 2.49. The zero-order valence-corrected chi connectivity index (χ0v) is 17.5. The summed E-state index contributed by atoms with van der Waals surface area (Å²) in [5.74, 6) is -0.172. The fourth-order valence-corrected chi connectivity index (χ4v) is 4.19. The van der Waals surface area contributed by atoms with Crippen LogP contribution in [0.2, 0.25) is 0 Å². The normalized spacial score (nSPS) is 12.2. The number of aryl methyl sites for hydroxylation is 1. The van der Waals surface area contributed by atoms with Crippen LogP contribution in [0.25, 0.3) is 0 Å². The molecule has 0 aliphatic carbocycles. The van der Waals surface area contributed by atoms with Crippen LogP contribution in [0.3, 0.4) is 0 Å². The molecule has 0 spiro atoms. The molecule has 29 heavy (non-hydrogen) atoms. The maximum Gasteiger partial charge on any atom is 0.264 e. The minimum absolute atomic E-state index is 0.00756. The Morgan fingerprint density at radius 2 is 1.62 bits per heavy atom. The van der Waals surface area contributed by atoms with E-state index in [0.29, 0.717) is 5.69 Å². The fourth-order valence-electron chi connectivity index (χ4n) is 2.37. The average molecular weight is 429 g/mol. The summed E-state index contributed by atoms with van der Waals surface area (Å²) in [7, 11) is -3.81. The molecule has 0 aliphatic heterocycles. The lowest BCUT2D eigenvalue weighted by molar-refractivity contribution is -0.115. The summed E-state index contributed by atoms with van der Waals surface area (Å²) in [5.41, 5.74) is 1.68. The molecule has 0 aliphatic rings. The molecule has 3 rings (SSSR count). The van der Waals surface area contributed by atoms with E-state index in [-0.39, 0.29) is 22.0 Å². The third kappa shape index (κ3) is 5.78. The van der Waals surface area contributed by atoms with E-state index in [1.807, 2.05) is 38.1 Å². The maximum absolute atomic E-state index is 12.4. The zero-order valence-electron chi connectivity index (χ0n) is 15.9. The van der Waals surface area contributed by atoms with Crippen LogP contribution in [0.1, 0.15) is 12.5 Å². The van der Waals surface area contributed by atoms with Gasteiger partial charge in [0, 0.05) is 23.0 Å². The van der Waals surface area contributed by atoms with Crippen molar-refractivity contribution in [1.29, 1.82) is 0 Å². The Labute approximate surface area is 174 Å². The van der Waals surface area contributed by atoms with Gasteiger partial charge in [-0.2, -0.15) is 0 Å². The molecule has 0 bridgehead atoms. The highest BCUT2D eigenvalue weighted by molar-refractivity contribution is 8.00. The van der Waals surface area contributed by atoms with Gasteiger partial charge in [-0.15, -0.1) is 11.8 Å². The summed E-state index contributed by atoms with van der Waals surface area (Å²) in [6.45, 7) is 3.83. The second kappa shape index (κ2) is 9.06. The first-order valence-electron chi connectivity index (χ1n) is 8.77. The topological polar surface area (TPSA) is 101 Å². The predicted octanol–water partition coefficient (Wildman–Crippen LogP) is 3.71. The number of nitrogens with one attached hydrogen (secondary N) is 2. The number of rotatable bonds is 7. The molecule has 150 valence electrons. The van der Waals surface area contributed by atoms with Crippen LogP contribution in [-0.2, 0) is 14.8 Å². The number of benzene rings is 2. The van der Waals surface area contributed by atoms with Gasteiger partial charge in [0.15, 0.2) is 0 Å². The summed E-state index contributed by atoms with van der Waals surface area (Å²) in [6, 6.07) is 15.5. The molecule has 1 atom stereocenters. The lowest BCUT2D eigenvalue weighted by Gasteiger charge is -2.13. The van der Waals surface area contributed by atoms with Crippen molar-refractivity contribution < 1.29 is 13.2 Å². The van der Waals surface area contributed by atoms with Crippen molar-refractivity contribution in [3.63, 3.8) is 0 Å². The second-order valence-electron chi connectivity index (χ2n) is 6.26. The Morgan fingerprint density at radius 1 is 1.00 bits per heavy atom. The fraction of sp³-hybridized carbons (Fsp3) is 0.150. The van der Waals surface area contributed by atoms with Crippen molar-refractivity contribution in [3.8, 4) is 0 Å². The van der Waals surface area contributed by atoms with Crippen LogP contribution in [0.4, 0.5) is 11.6 Å². The van der Waals surface area contributed by atoms with Gasteiger partial charge in [-0.05, 0) is 56.3 Å². The smallest absolute Gasteiger partial charge is 0.264 e. The Kier molecular flexibility index (Phi) is 6.50. The van der Waals surface area contributed by atoms with E-state index >= 15 is 0 Å². The van der Waals surface area contributed by atoms with Gasteiger partial charge >= 0.3 is 0 Å². The quantitative estimate of drug-likeness (QED) is 0.557. The zero-order chi connectivity index (χ0) is 20.9. The summed E-state index contributed by atoms with van der Waals surface area (Å²) >= 11 is 1.46. The Hall–Kier alpha value is -2.91. The Morgan fingerprint density at radius 3 is 2.24 bits per heavy atom. The van der Waals surface area contributed by atoms with E-state index in [1.165, 1.54) is 36.3 Å². The molecule has 3 aromatic rings. The van der Waals surface area contributed by atoms with Crippen molar-refractivity contribution in [2.45, 2.75) is 28.9 Å². The van der Waals surface area contributed by atoms with E-state index in [4.69, 9.17) is 0 Å². The lowest BCUT2D eigenvalue weighted by atomic mass is 10.2. The second-order valence-corrected chi connectivity index (χ2v) is 9.36. The number of hydrogen-bond donors (Lipinski definition) is 2. The minimum atomic E-state index is -3.81. The van der Waals surface area contributed by atoms with Crippen LogP contribution in [0.5, 0.6) is 0 Å². The van der Waals surface area contributed by atoms with Crippen molar-refractivity contribution >= 4 is 39.3 Å². The molecule has 1 amide bonds. The Bertz CT molecular complexity index is 1070. The highest BCUT2D eigenvalue weighted by atomic mass is 32.2. The van der Waals surface area contributed by atoms with Crippen LogP contribution >= 0.6 is 11.8 Å². The molecule has 1 aromatic heterocycles. The van der Waals surface area contributed by atoms with Gasteiger partial charge in [0.25, 0.3) is 10.0 Å². The Balaban J connectivity index is 1.62. The van der Waals surface area contributed by atoms with Gasteiger partial charge in [0.05, 0.1) is 10.1 Å². The maximum atomic E-state index is 12.4. The van der Waals surface area contributed by atoms with E-state index in [0.717, 1.165) is 10.5 Å². The molecule has 9 heteroatoms. The molecular formula is C20H20N4O3S2. The number of carbonyl (C=O) groups is 1. The van der Waals surface area contributed by atoms with Crippen molar-refractivity contribution in [3.05, 3.63) is 72.6 Å². The predicted molar refractivity (Wildman–Crippen MR) is 114 cm³/mol. The van der Waals surface area contributed by atoms with Gasteiger partial charge in [-0.25, -0.2) is 23.1 Å². The van der Waals surface area contributed by atoms with Crippen LogP contribution < -0.4 is 10.0 Å². The monoisotopic (exact) mass is 428 g/mol. The van der Waals surface area contributed by atoms with Crippen molar-refractivity contribution in [2.24, 2.45) is 0 Å². The summed E-state index contributed by atoms with van der Waals surface area (Å²) in [4.78, 5) is 21.2. The number of aromatic nitrogens is 2. The number of carbonyl (C=O) groups excluding carboxylic acids is 1. The van der Waals surface area contributed by atoms with Crippen LogP contribution in [0.15, 0.2) is 76.8 Å². The van der Waals surface area contributed by atoms with Gasteiger partial charge in [0.2, 0.25) is 11.9 Å². The molecule has 7 nitrogen and oxygen atoms in total. The largest absolute Gasteiger partial charge is 0.325 e.